The number of hydrogen-bond donors (Lipinski definition) is 2. The zero-order valence-electron chi connectivity index (χ0n) is 26.3. The molecule has 10 nitrogen and oxygen atoms in total. The van der Waals surface area contributed by atoms with Gasteiger partial charge in [-0.05, 0) is 74.4 Å². The van der Waals surface area contributed by atoms with Gasteiger partial charge in [0.2, 0.25) is 0 Å². The van der Waals surface area contributed by atoms with Crippen molar-refractivity contribution in [2.45, 2.75) is 49.6 Å². The topological polar surface area (TPSA) is 147 Å². The Bertz CT molecular complexity index is 2190. The van der Waals surface area contributed by atoms with Gasteiger partial charge in [0, 0.05) is 18.7 Å². The number of imidazole rings is 1. The van der Waals surface area contributed by atoms with Crippen LogP contribution in [0.5, 0.6) is 0 Å². The Hall–Kier alpha value is -4.44. The Balaban J connectivity index is 0.000000418. The van der Waals surface area contributed by atoms with Crippen molar-refractivity contribution in [1.29, 1.82) is 0 Å². The molecule has 0 spiro atoms. The van der Waals surface area contributed by atoms with E-state index in [0.717, 1.165) is 17.2 Å². The number of benzene rings is 4. The molecule has 1 aromatic heterocycles. The van der Waals surface area contributed by atoms with Crippen LogP contribution in [-0.2, 0) is 39.2 Å². The van der Waals surface area contributed by atoms with E-state index in [2.05, 4.69) is 4.98 Å². The molecule has 0 aliphatic carbocycles. The third kappa shape index (κ3) is 8.78. The summed E-state index contributed by atoms with van der Waals surface area (Å²) in [5.41, 5.74) is 2.68. The maximum Gasteiger partial charge on any atom is 0.421 e. The lowest BCUT2D eigenvalue weighted by molar-refractivity contribution is -0.137. The standard InChI is InChI=1S/C26H23ClF3N3O4S.C7H8O3S/c1-3-24-31-22-14-20(26(28,29)30)21(27)15-23(22)33(24)18-8-6-17(7-9-18)12-13-32(25(34)35)38(36,37)19-10-4-16(2)5-11-19;1-6-2-4-7(5-3-6)11(8,9)10/h4-11,14-15H,3,12-13H2,1-2H3,(H,34,35);2-5H,1H3,(H,8,9,10). The molecule has 0 atom stereocenters. The molecule has 2 N–H and O–H groups in total. The summed E-state index contributed by atoms with van der Waals surface area (Å²) in [6, 6.07) is 20.9. The van der Waals surface area contributed by atoms with Gasteiger partial charge in [0.15, 0.2) is 0 Å². The molecule has 5 aromatic rings. The average Bonchev–Trinajstić information content (AvgIpc) is 3.38. The van der Waals surface area contributed by atoms with Crippen molar-refractivity contribution in [3.05, 3.63) is 118 Å². The first-order chi connectivity index (χ1) is 22.8. The number of aryl methyl sites for hydroxylation is 3. The highest BCUT2D eigenvalue weighted by Crippen LogP contribution is 2.38. The summed E-state index contributed by atoms with van der Waals surface area (Å²) < 4.78 is 97.3. The van der Waals surface area contributed by atoms with E-state index in [1.54, 1.807) is 60.0 Å². The van der Waals surface area contributed by atoms with Crippen LogP contribution in [0, 0.1) is 13.8 Å². The summed E-state index contributed by atoms with van der Waals surface area (Å²) in [6.45, 7) is 5.16. The summed E-state index contributed by atoms with van der Waals surface area (Å²) in [4.78, 5) is 15.9. The van der Waals surface area contributed by atoms with Gasteiger partial charge in [0.1, 0.15) is 5.82 Å². The molecule has 0 fully saturated rings. The Morgan fingerprint density at radius 3 is 1.88 bits per heavy atom. The van der Waals surface area contributed by atoms with Crippen LogP contribution in [0.4, 0.5) is 18.0 Å². The van der Waals surface area contributed by atoms with E-state index in [-0.39, 0.29) is 28.3 Å². The highest BCUT2D eigenvalue weighted by molar-refractivity contribution is 7.89. The van der Waals surface area contributed by atoms with Crippen LogP contribution in [0.25, 0.3) is 16.7 Å². The lowest BCUT2D eigenvalue weighted by Gasteiger charge is -2.19. The predicted octanol–water partition coefficient (Wildman–Crippen LogP) is 7.72. The number of nitrogens with zero attached hydrogens (tertiary/aromatic N) is 3. The third-order valence-corrected chi connectivity index (χ3v) is 10.3. The smallest absolute Gasteiger partial charge is 0.421 e. The number of fused-ring (bicyclic) bond motifs is 1. The van der Waals surface area contributed by atoms with Crippen molar-refractivity contribution in [2.24, 2.45) is 0 Å². The molecule has 0 unspecified atom stereocenters. The van der Waals surface area contributed by atoms with Crippen LogP contribution in [0.15, 0.2) is 94.7 Å². The minimum atomic E-state index is -4.61. The first kappa shape index (κ1) is 37.4. The van der Waals surface area contributed by atoms with E-state index in [0.29, 0.717) is 33.3 Å². The van der Waals surface area contributed by atoms with Crippen molar-refractivity contribution in [3.63, 3.8) is 0 Å². The SMILES string of the molecule is CCc1nc2cc(C(F)(F)F)c(Cl)cc2n1-c1ccc(CCN(C(=O)O)S(=O)(=O)c2ccc(C)cc2)cc1.Cc1ccc(S(=O)(=O)O)cc1. The number of aromatic nitrogens is 2. The van der Waals surface area contributed by atoms with Crippen LogP contribution in [-0.4, -0.2) is 53.0 Å². The summed E-state index contributed by atoms with van der Waals surface area (Å²) in [5.74, 6) is 0.532. The van der Waals surface area contributed by atoms with Gasteiger partial charge in [0.05, 0.1) is 31.4 Å². The molecule has 260 valence electrons. The Morgan fingerprint density at radius 1 is 0.878 bits per heavy atom. The Morgan fingerprint density at radius 2 is 1.41 bits per heavy atom. The molecule has 16 heteroatoms. The molecule has 4 aromatic carbocycles. The number of amides is 1. The van der Waals surface area contributed by atoms with Gasteiger partial charge >= 0.3 is 12.3 Å². The number of hydrogen-bond acceptors (Lipinski definition) is 6. The molecule has 0 bridgehead atoms. The molecule has 5 rings (SSSR count). The number of rotatable bonds is 8. The highest BCUT2D eigenvalue weighted by Gasteiger charge is 2.34. The number of sulfonamides is 1. The van der Waals surface area contributed by atoms with Crippen LogP contribution < -0.4 is 0 Å². The summed E-state index contributed by atoms with van der Waals surface area (Å²) >= 11 is 5.95. The van der Waals surface area contributed by atoms with Gasteiger partial charge in [-0.25, -0.2) is 22.5 Å². The van der Waals surface area contributed by atoms with Crippen molar-refractivity contribution in [2.75, 3.05) is 6.54 Å². The maximum absolute atomic E-state index is 13.3. The van der Waals surface area contributed by atoms with E-state index < -0.39 is 43.0 Å². The summed E-state index contributed by atoms with van der Waals surface area (Å²) in [7, 11) is -8.27. The normalized spacial score (nSPS) is 12.0. The first-order valence-corrected chi connectivity index (χ1v) is 17.8. The van der Waals surface area contributed by atoms with Gasteiger partial charge < -0.3 is 5.11 Å². The number of carbonyl (C=O) groups is 1. The largest absolute Gasteiger partial charge is 0.464 e. The summed E-state index contributed by atoms with van der Waals surface area (Å²) in [5, 5.41) is 9.14. The molecule has 0 aliphatic rings. The minimum Gasteiger partial charge on any atom is -0.464 e. The molecule has 1 heterocycles. The minimum absolute atomic E-state index is 0.0666. The van der Waals surface area contributed by atoms with Crippen molar-refractivity contribution in [3.8, 4) is 5.69 Å². The van der Waals surface area contributed by atoms with E-state index in [4.69, 9.17) is 16.2 Å². The van der Waals surface area contributed by atoms with Gasteiger partial charge in [-0.2, -0.15) is 21.6 Å². The molecule has 1 amide bonds. The fourth-order valence-electron chi connectivity index (χ4n) is 4.80. The molecule has 49 heavy (non-hydrogen) atoms. The van der Waals surface area contributed by atoms with Crippen LogP contribution in [0.1, 0.15) is 35.0 Å². The Kier molecular flexibility index (Phi) is 11.1. The highest BCUT2D eigenvalue weighted by atomic mass is 35.5. The monoisotopic (exact) mass is 737 g/mol. The number of carboxylic acid groups (broad SMARTS) is 1. The third-order valence-electron chi connectivity index (χ3n) is 7.37. The Labute approximate surface area is 286 Å². The number of halogens is 4. The van der Waals surface area contributed by atoms with Gasteiger partial charge in [0.25, 0.3) is 20.1 Å². The lowest BCUT2D eigenvalue weighted by atomic mass is 10.1. The zero-order valence-corrected chi connectivity index (χ0v) is 28.7. The van der Waals surface area contributed by atoms with Crippen LogP contribution >= 0.6 is 11.6 Å². The van der Waals surface area contributed by atoms with Gasteiger partial charge in [-0.15, -0.1) is 0 Å². The van der Waals surface area contributed by atoms with Crippen molar-refractivity contribution >= 4 is 48.9 Å². The molecule has 0 radical (unpaired) electrons. The van der Waals surface area contributed by atoms with E-state index in [1.165, 1.54) is 30.3 Å². The van der Waals surface area contributed by atoms with Gasteiger partial charge in [-0.3, -0.25) is 9.12 Å². The fourth-order valence-corrected chi connectivity index (χ4v) is 6.82. The number of alkyl halides is 3. The summed E-state index contributed by atoms with van der Waals surface area (Å²) in [6.07, 6.45) is -5.64. The second-order valence-electron chi connectivity index (χ2n) is 10.9. The first-order valence-electron chi connectivity index (χ1n) is 14.6. The quantitative estimate of drug-likeness (QED) is 0.154. The molecule has 0 aliphatic heterocycles. The van der Waals surface area contributed by atoms with Crippen LogP contribution in [0.2, 0.25) is 5.02 Å². The second-order valence-corrected chi connectivity index (χ2v) is 14.6. The second kappa shape index (κ2) is 14.6. The predicted molar refractivity (Wildman–Crippen MR) is 178 cm³/mol. The van der Waals surface area contributed by atoms with Crippen LogP contribution in [0.3, 0.4) is 0 Å². The maximum atomic E-state index is 13.3. The van der Waals surface area contributed by atoms with E-state index in [1.807, 2.05) is 13.8 Å². The van der Waals surface area contributed by atoms with Gasteiger partial charge in [-0.1, -0.05) is 66.0 Å². The molecule has 0 saturated heterocycles. The van der Waals surface area contributed by atoms with E-state index >= 15 is 0 Å². The zero-order chi connectivity index (χ0) is 36.3. The molecule has 0 saturated carbocycles. The molecular formula is C33H31ClF3N3O7S2. The fraction of sp³-hybridized carbons (Fsp3) is 0.212. The van der Waals surface area contributed by atoms with Crippen molar-refractivity contribution < 1.29 is 44.5 Å². The lowest BCUT2D eigenvalue weighted by Crippen LogP contribution is -2.37. The average molecular weight is 738 g/mol. The molecular weight excluding hydrogens is 707 g/mol. The van der Waals surface area contributed by atoms with Crippen molar-refractivity contribution in [1.82, 2.24) is 13.9 Å². The van der Waals surface area contributed by atoms with E-state index in [9.17, 15) is 39.9 Å².